The average molecular weight is 371 g/mol. The number of nitrogens with zero attached hydrogens (tertiary/aromatic N) is 2. The molecule has 0 radical (unpaired) electrons. The Labute approximate surface area is 154 Å². The highest BCUT2D eigenvalue weighted by Crippen LogP contribution is 2.34. The Morgan fingerprint density at radius 3 is 2.58 bits per heavy atom. The summed E-state index contributed by atoms with van der Waals surface area (Å²) < 4.78 is 15.2. The maximum atomic E-state index is 13.3. The molecule has 5 nitrogen and oxygen atoms in total. The van der Waals surface area contributed by atoms with Crippen molar-refractivity contribution in [2.24, 2.45) is 0 Å². The molecule has 2 aromatic carbocycles. The van der Waals surface area contributed by atoms with Crippen LogP contribution in [-0.2, 0) is 11.3 Å². The molecule has 0 unspecified atom stereocenters. The quantitative estimate of drug-likeness (QED) is 0.723. The van der Waals surface area contributed by atoms with E-state index in [1.54, 1.807) is 24.3 Å². The van der Waals surface area contributed by atoms with E-state index in [1.165, 1.54) is 12.1 Å². The molecule has 0 spiro atoms. The summed E-state index contributed by atoms with van der Waals surface area (Å²) in [6.45, 7) is 2.06. The molecule has 1 aliphatic rings. The lowest BCUT2D eigenvalue weighted by Crippen LogP contribution is -2.37. The molecule has 1 aromatic heterocycles. The molecule has 0 saturated carbocycles. The first-order valence-corrected chi connectivity index (χ1v) is 8.57. The second-order valence-electron chi connectivity index (χ2n) is 6.18. The fourth-order valence-electron chi connectivity index (χ4n) is 3.06. The fraction of sp³-hybridized carbons (Fsp3) is 0.158. The number of carbonyl (C=O) groups is 1. The van der Waals surface area contributed by atoms with E-state index in [9.17, 15) is 9.18 Å². The van der Waals surface area contributed by atoms with Crippen molar-refractivity contribution in [2.45, 2.75) is 19.5 Å². The maximum absolute atomic E-state index is 13.3. The zero-order valence-corrected chi connectivity index (χ0v) is 14.7. The highest BCUT2D eigenvalue weighted by molar-refractivity contribution is 6.30. The Bertz CT molecular complexity index is 966. The monoisotopic (exact) mass is 370 g/mol. The summed E-state index contributed by atoms with van der Waals surface area (Å²) in [6, 6.07) is 13.2. The van der Waals surface area contributed by atoms with Crippen LogP contribution in [0.5, 0.6) is 0 Å². The van der Waals surface area contributed by atoms with Gasteiger partial charge in [0, 0.05) is 16.3 Å². The Hall–Kier alpha value is -2.86. The van der Waals surface area contributed by atoms with Crippen LogP contribution in [0.4, 0.5) is 15.9 Å². The van der Waals surface area contributed by atoms with Gasteiger partial charge in [-0.2, -0.15) is 0 Å². The van der Waals surface area contributed by atoms with Crippen LogP contribution in [0.2, 0.25) is 5.02 Å². The van der Waals surface area contributed by atoms with Crippen molar-refractivity contribution < 1.29 is 9.18 Å². The zero-order chi connectivity index (χ0) is 18.3. The second-order valence-corrected chi connectivity index (χ2v) is 6.62. The molecule has 0 fully saturated rings. The van der Waals surface area contributed by atoms with Crippen molar-refractivity contribution in [3.63, 3.8) is 0 Å². The van der Waals surface area contributed by atoms with Crippen LogP contribution < -0.4 is 10.6 Å². The molecule has 0 aliphatic carbocycles. The first kappa shape index (κ1) is 16.6. The molecule has 1 amide bonds. The zero-order valence-electron chi connectivity index (χ0n) is 14.0. The summed E-state index contributed by atoms with van der Waals surface area (Å²) in [5, 5.41) is 6.85. The van der Waals surface area contributed by atoms with Gasteiger partial charge < -0.3 is 15.2 Å². The molecule has 2 N–H and O–H groups in total. The van der Waals surface area contributed by atoms with Gasteiger partial charge in [-0.25, -0.2) is 9.37 Å². The minimum absolute atomic E-state index is 0.0767. The topological polar surface area (TPSA) is 59.0 Å². The molecule has 7 heteroatoms. The third-order valence-corrected chi connectivity index (χ3v) is 4.54. The van der Waals surface area contributed by atoms with Gasteiger partial charge in [0.25, 0.3) is 0 Å². The van der Waals surface area contributed by atoms with Gasteiger partial charge in [-0.05, 0) is 55.5 Å². The number of imidazole rings is 1. The minimum Gasteiger partial charge on any atom is -0.345 e. The first-order chi connectivity index (χ1) is 12.5. The fourth-order valence-corrected chi connectivity index (χ4v) is 3.19. The standard InChI is InChI=1S/C19H16ClFN4O/c1-11-18-24-17(12-2-6-14(21)7-3-12)19(25(18)10-16(26)22-11)23-15-8-4-13(20)5-9-15/h2-9,11,23H,10H2,1H3,(H,22,26)/t11-/m1/s1. The van der Waals surface area contributed by atoms with Crippen molar-refractivity contribution in [1.29, 1.82) is 0 Å². The minimum atomic E-state index is -0.310. The Kier molecular flexibility index (Phi) is 4.12. The molecule has 3 aromatic rings. The molecule has 1 aliphatic heterocycles. The van der Waals surface area contributed by atoms with Crippen molar-refractivity contribution in [3.05, 3.63) is 65.2 Å². The highest BCUT2D eigenvalue weighted by atomic mass is 35.5. The number of halogens is 2. The Balaban J connectivity index is 1.84. The van der Waals surface area contributed by atoms with Crippen LogP contribution in [0, 0.1) is 5.82 Å². The molecule has 132 valence electrons. The number of nitrogens with one attached hydrogen (secondary N) is 2. The normalized spacial score (nSPS) is 16.1. The third-order valence-electron chi connectivity index (χ3n) is 4.29. The lowest BCUT2D eigenvalue weighted by atomic mass is 10.1. The summed E-state index contributed by atoms with van der Waals surface area (Å²) in [7, 11) is 0. The third kappa shape index (κ3) is 3.04. The summed E-state index contributed by atoms with van der Waals surface area (Å²) in [6.07, 6.45) is 0. The lowest BCUT2D eigenvalue weighted by molar-refractivity contribution is -0.123. The van der Waals surface area contributed by atoms with Gasteiger partial charge in [0.1, 0.15) is 29.7 Å². The van der Waals surface area contributed by atoms with E-state index in [-0.39, 0.29) is 24.3 Å². The van der Waals surface area contributed by atoms with Crippen LogP contribution in [0.3, 0.4) is 0 Å². The summed E-state index contributed by atoms with van der Waals surface area (Å²) in [5.41, 5.74) is 2.25. The predicted octanol–water partition coefficient (Wildman–Crippen LogP) is 4.28. The number of aromatic nitrogens is 2. The number of carbonyl (C=O) groups excluding carboxylic acids is 1. The van der Waals surface area contributed by atoms with E-state index in [0.717, 1.165) is 17.1 Å². The van der Waals surface area contributed by atoms with Gasteiger partial charge >= 0.3 is 0 Å². The Morgan fingerprint density at radius 1 is 1.19 bits per heavy atom. The number of amides is 1. The SMILES string of the molecule is C[C@H]1NC(=O)Cn2c1nc(-c1ccc(F)cc1)c2Nc1ccc(Cl)cc1. The lowest BCUT2D eigenvalue weighted by Gasteiger charge is -2.23. The van der Waals surface area contributed by atoms with E-state index >= 15 is 0 Å². The molecule has 0 bridgehead atoms. The van der Waals surface area contributed by atoms with Crippen LogP contribution in [0.25, 0.3) is 11.3 Å². The smallest absolute Gasteiger partial charge is 0.240 e. The van der Waals surface area contributed by atoms with Crippen LogP contribution in [0.15, 0.2) is 48.5 Å². The van der Waals surface area contributed by atoms with E-state index < -0.39 is 0 Å². The average Bonchev–Trinajstić information content (AvgIpc) is 2.96. The van der Waals surface area contributed by atoms with Crippen molar-refractivity contribution >= 4 is 29.0 Å². The van der Waals surface area contributed by atoms with Crippen molar-refractivity contribution in [1.82, 2.24) is 14.9 Å². The molecule has 1 atom stereocenters. The number of rotatable bonds is 3. The summed E-state index contributed by atoms with van der Waals surface area (Å²) in [5.74, 6) is 1.05. The van der Waals surface area contributed by atoms with Crippen LogP contribution >= 0.6 is 11.6 Å². The number of benzene rings is 2. The predicted molar refractivity (Wildman–Crippen MR) is 98.9 cm³/mol. The van der Waals surface area contributed by atoms with E-state index in [1.807, 2.05) is 23.6 Å². The molecule has 0 saturated heterocycles. The summed E-state index contributed by atoms with van der Waals surface area (Å²) >= 11 is 5.96. The van der Waals surface area contributed by atoms with Crippen molar-refractivity contribution in [3.8, 4) is 11.3 Å². The molecular formula is C19H16ClFN4O. The highest BCUT2D eigenvalue weighted by Gasteiger charge is 2.28. The van der Waals surface area contributed by atoms with Gasteiger partial charge in [0.15, 0.2) is 0 Å². The van der Waals surface area contributed by atoms with E-state index in [0.29, 0.717) is 16.5 Å². The molecular weight excluding hydrogens is 355 g/mol. The van der Waals surface area contributed by atoms with Gasteiger partial charge in [-0.1, -0.05) is 11.6 Å². The Morgan fingerprint density at radius 2 is 1.88 bits per heavy atom. The number of anilines is 2. The largest absolute Gasteiger partial charge is 0.345 e. The molecule has 2 heterocycles. The van der Waals surface area contributed by atoms with Gasteiger partial charge in [0.05, 0.1) is 6.04 Å². The van der Waals surface area contributed by atoms with Gasteiger partial charge in [-0.15, -0.1) is 0 Å². The maximum Gasteiger partial charge on any atom is 0.240 e. The number of hydrogen-bond acceptors (Lipinski definition) is 3. The van der Waals surface area contributed by atoms with Crippen molar-refractivity contribution in [2.75, 3.05) is 5.32 Å². The molecule has 26 heavy (non-hydrogen) atoms. The van der Waals surface area contributed by atoms with Gasteiger partial charge in [-0.3, -0.25) is 4.79 Å². The number of fused-ring (bicyclic) bond motifs is 1. The molecule has 4 rings (SSSR count). The van der Waals surface area contributed by atoms with Crippen LogP contribution in [0.1, 0.15) is 18.8 Å². The first-order valence-electron chi connectivity index (χ1n) is 8.19. The van der Waals surface area contributed by atoms with E-state index in [2.05, 4.69) is 10.6 Å². The second kappa shape index (κ2) is 6.46. The summed E-state index contributed by atoms with van der Waals surface area (Å²) in [4.78, 5) is 16.7. The van der Waals surface area contributed by atoms with Gasteiger partial charge in [0.2, 0.25) is 5.91 Å². The van der Waals surface area contributed by atoms with E-state index in [4.69, 9.17) is 16.6 Å². The number of hydrogen-bond donors (Lipinski definition) is 2. The van der Waals surface area contributed by atoms with Crippen LogP contribution in [-0.4, -0.2) is 15.5 Å².